The van der Waals surface area contributed by atoms with E-state index in [0.717, 1.165) is 30.9 Å². The quantitative estimate of drug-likeness (QED) is 0.763. The SMILES string of the molecule is CC(=O)N1Cc2ccccc2C[C@@H]1C(=O)N1CCN(CCOc2ccccc2)CC1. The van der Waals surface area contributed by atoms with Crippen molar-refractivity contribution in [3.8, 4) is 5.75 Å². The van der Waals surface area contributed by atoms with E-state index in [1.165, 1.54) is 5.56 Å². The van der Waals surface area contributed by atoms with Gasteiger partial charge in [-0.15, -0.1) is 0 Å². The number of fused-ring (bicyclic) bond motifs is 1. The van der Waals surface area contributed by atoms with Crippen LogP contribution in [0.1, 0.15) is 18.1 Å². The van der Waals surface area contributed by atoms with Crippen LogP contribution in [0.3, 0.4) is 0 Å². The second kappa shape index (κ2) is 9.30. The Balaban J connectivity index is 1.30. The first-order valence-corrected chi connectivity index (χ1v) is 10.6. The lowest BCUT2D eigenvalue weighted by Crippen LogP contribution is -2.57. The first-order valence-electron chi connectivity index (χ1n) is 10.6. The van der Waals surface area contributed by atoms with E-state index in [2.05, 4.69) is 11.0 Å². The van der Waals surface area contributed by atoms with Gasteiger partial charge in [-0.05, 0) is 23.3 Å². The van der Waals surface area contributed by atoms with Crippen LogP contribution in [0.15, 0.2) is 54.6 Å². The molecule has 0 unspecified atom stereocenters. The Labute approximate surface area is 178 Å². The van der Waals surface area contributed by atoms with Gasteiger partial charge in [0.25, 0.3) is 0 Å². The average molecular weight is 408 g/mol. The summed E-state index contributed by atoms with van der Waals surface area (Å²) in [7, 11) is 0. The number of piperazine rings is 1. The van der Waals surface area contributed by atoms with Crippen molar-refractivity contribution in [2.24, 2.45) is 0 Å². The van der Waals surface area contributed by atoms with Crippen molar-refractivity contribution in [3.63, 3.8) is 0 Å². The van der Waals surface area contributed by atoms with Gasteiger partial charge in [0, 0.05) is 52.6 Å². The molecule has 0 radical (unpaired) electrons. The average Bonchev–Trinajstić information content (AvgIpc) is 2.79. The number of rotatable bonds is 5. The Morgan fingerprint density at radius 1 is 0.933 bits per heavy atom. The molecule has 0 spiro atoms. The fourth-order valence-corrected chi connectivity index (χ4v) is 4.29. The summed E-state index contributed by atoms with van der Waals surface area (Å²) in [6.45, 7) is 6.57. The maximum absolute atomic E-state index is 13.3. The van der Waals surface area contributed by atoms with Crippen LogP contribution < -0.4 is 4.74 Å². The molecule has 2 amide bonds. The van der Waals surface area contributed by atoms with Gasteiger partial charge in [-0.3, -0.25) is 14.5 Å². The van der Waals surface area contributed by atoms with Crippen LogP contribution in [-0.4, -0.2) is 71.9 Å². The number of ether oxygens (including phenoxy) is 1. The Kier molecular flexibility index (Phi) is 6.33. The molecule has 30 heavy (non-hydrogen) atoms. The molecule has 2 aromatic rings. The summed E-state index contributed by atoms with van der Waals surface area (Å²) in [5.74, 6) is 0.910. The van der Waals surface area contributed by atoms with Crippen molar-refractivity contribution >= 4 is 11.8 Å². The molecule has 0 N–H and O–H groups in total. The minimum Gasteiger partial charge on any atom is -0.492 e. The molecule has 6 nitrogen and oxygen atoms in total. The molecule has 2 aliphatic rings. The standard InChI is InChI=1S/C24H29N3O3/c1-19(28)27-18-21-8-6-5-7-20(21)17-23(27)24(29)26-13-11-25(12-14-26)15-16-30-22-9-3-2-4-10-22/h2-10,23H,11-18H2,1H3/t23-/m1/s1. The van der Waals surface area contributed by atoms with Crippen LogP contribution in [0.25, 0.3) is 0 Å². The Morgan fingerprint density at radius 3 is 2.30 bits per heavy atom. The monoisotopic (exact) mass is 407 g/mol. The third-order valence-corrected chi connectivity index (χ3v) is 6.04. The van der Waals surface area contributed by atoms with Crippen LogP contribution in [-0.2, 0) is 22.6 Å². The van der Waals surface area contributed by atoms with E-state index in [1.807, 2.05) is 53.4 Å². The highest BCUT2D eigenvalue weighted by molar-refractivity contribution is 5.88. The lowest BCUT2D eigenvalue weighted by atomic mass is 9.93. The van der Waals surface area contributed by atoms with E-state index in [1.54, 1.807) is 11.8 Å². The minimum atomic E-state index is -0.398. The summed E-state index contributed by atoms with van der Waals surface area (Å²) in [5, 5.41) is 0. The molecule has 2 aliphatic heterocycles. The summed E-state index contributed by atoms with van der Waals surface area (Å²) in [6.07, 6.45) is 0.597. The third-order valence-electron chi connectivity index (χ3n) is 6.04. The van der Waals surface area contributed by atoms with Gasteiger partial charge >= 0.3 is 0 Å². The lowest BCUT2D eigenvalue weighted by Gasteiger charge is -2.41. The van der Waals surface area contributed by atoms with Crippen molar-refractivity contribution in [1.82, 2.24) is 14.7 Å². The third kappa shape index (κ3) is 4.65. The molecular weight excluding hydrogens is 378 g/mol. The van der Waals surface area contributed by atoms with Crippen LogP contribution in [0, 0.1) is 0 Å². The molecule has 1 saturated heterocycles. The highest BCUT2D eigenvalue weighted by atomic mass is 16.5. The lowest BCUT2D eigenvalue weighted by molar-refractivity contribution is -0.147. The highest BCUT2D eigenvalue weighted by Crippen LogP contribution is 2.25. The van der Waals surface area contributed by atoms with E-state index in [0.29, 0.717) is 32.7 Å². The molecular formula is C24H29N3O3. The van der Waals surface area contributed by atoms with Gasteiger partial charge in [0.15, 0.2) is 0 Å². The summed E-state index contributed by atoms with van der Waals surface area (Å²) >= 11 is 0. The number of nitrogens with zero attached hydrogens (tertiary/aromatic N) is 3. The molecule has 0 aromatic heterocycles. The summed E-state index contributed by atoms with van der Waals surface area (Å²) in [5.41, 5.74) is 2.31. The molecule has 1 atom stereocenters. The van der Waals surface area contributed by atoms with Crippen LogP contribution in [0.5, 0.6) is 5.75 Å². The van der Waals surface area contributed by atoms with Gasteiger partial charge in [-0.1, -0.05) is 42.5 Å². The Hall–Kier alpha value is -2.86. The van der Waals surface area contributed by atoms with Crippen molar-refractivity contribution < 1.29 is 14.3 Å². The maximum atomic E-state index is 13.3. The number of amides is 2. The van der Waals surface area contributed by atoms with E-state index >= 15 is 0 Å². The maximum Gasteiger partial charge on any atom is 0.245 e. The van der Waals surface area contributed by atoms with E-state index in [9.17, 15) is 9.59 Å². The summed E-state index contributed by atoms with van der Waals surface area (Å²) in [4.78, 5) is 31.5. The predicted octanol–water partition coefficient (Wildman–Crippen LogP) is 2.18. The molecule has 158 valence electrons. The van der Waals surface area contributed by atoms with Crippen LogP contribution in [0.4, 0.5) is 0 Å². The number of para-hydroxylation sites is 1. The zero-order chi connectivity index (χ0) is 20.9. The largest absolute Gasteiger partial charge is 0.492 e. The number of benzene rings is 2. The topological polar surface area (TPSA) is 53.1 Å². The van der Waals surface area contributed by atoms with Gasteiger partial charge in [-0.2, -0.15) is 0 Å². The molecule has 2 aromatic carbocycles. The molecule has 0 aliphatic carbocycles. The first kappa shape index (κ1) is 20.4. The second-order valence-corrected chi connectivity index (χ2v) is 7.96. The van der Waals surface area contributed by atoms with Gasteiger partial charge in [0.1, 0.15) is 18.4 Å². The molecule has 0 bridgehead atoms. The van der Waals surface area contributed by atoms with Crippen molar-refractivity contribution in [1.29, 1.82) is 0 Å². The fraction of sp³-hybridized carbons (Fsp3) is 0.417. The van der Waals surface area contributed by atoms with Gasteiger partial charge in [0.2, 0.25) is 11.8 Å². The zero-order valence-corrected chi connectivity index (χ0v) is 17.5. The first-order chi connectivity index (χ1) is 14.6. The Bertz CT molecular complexity index is 878. The molecule has 6 heteroatoms. The van der Waals surface area contributed by atoms with E-state index < -0.39 is 6.04 Å². The molecule has 1 fully saturated rings. The minimum absolute atomic E-state index is 0.0421. The molecule has 2 heterocycles. The fourth-order valence-electron chi connectivity index (χ4n) is 4.29. The van der Waals surface area contributed by atoms with Crippen molar-refractivity contribution in [2.75, 3.05) is 39.3 Å². The van der Waals surface area contributed by atoms with E-state index in [4.69, 9.17) is 4.74 Å². The van der Waals surface area contributed by atoms with Crippen molar-refractivity contribution in [3.05, 3.63) is 65.7 Å². The number of hydrogen-bond donors (Lipinski definition) is 0. The number of carbonyl (C=O) groups excluding carboxylic acids is 2. The smallest absolute Gasteiger partial charge is 0.245 e. The highest BCUT2D eigenvalue weighted by Gasteiger charge is 2.36. The summed E-state index contributed by atoms with van der Waals surface area (Å²) in [6, 6.07) is 17.5. The number of hydrogen-bond acceptors (Lipinski definition) is 4. The van der Waals surface area contributed by atoms with Crippen LogP contribution in [0.2, 0.25) is 0 Å². The zero-order valence-electron chi connectivity index (χ0n) is 17.5. The molecule has 0 saturated carbocycles. The van der Waals surface area contributed by atoms with Gasteiger partial charge in [0.05, 0.1) is 0 Å². The Morgan fingerprint density at radius 2 is 1.60 bits per heavy atom. The second-order valence-electron chi connectivity index (χ2n) is 7.96. The normalized spacial score (nSPS) is 19.3. The van der Waals surface area contributed by atoms with Gasteiger partial charge in [-0.25, -0.2) is 0 Å². The molecule has 4 rings (SSSR count). The summed E-state index contributed by atoms with van der Waals surface area (Å²) < 4.78 is 5.79. The van der Waals surface area contributed by atoms with Crippen molar-refractivity contribution in [2.45, 2.75) is 25.9 Å². The van der Waals surface area contributed by atoms with Crippen LogP contribution >= 0.6 is 0 Å². The van der Waals surface area contributed by atoms with Gasteiger partial charge < -0.3 is 14.5 Å². The number of carbonyl (C=O) groups is 2. The van der Waals surface area contributed by atoms with E-state index in [-0.39, 0.29) is 11.8 Å². The predicted molar refractivity (Wildman–Crippen MR) is 115 cm³/mol.